The molecule has 0 heterocycles. The van der Waals surface area contributed by atoms with Crippen molar-refractivity contribution in [3.63, 3.8) is 0 Å². The van der Waals surface area contributed by atoms with E-state index in [1.807, 2.05) is 0 Å². The van der Waals surface area contributed by atoms with Crippen LogP contribution in [0.3, 0.4) is 0 Å². The second-order valence-electron chi connectivity index (χ2n) is 3.87. The number of amides is 1. The first-order valence-corrected chi connectivity index (χ1v) is 5.60. The van der Waals surface area contributed by atoms with Crippen molar-refractivity contribution in [2.75, 3.05) is 5.32 Å². The fourth-order valence-corrected chi connectivity index (χ4v) is 1.60. The van der Waals surface area contributed by atoms with Crippen LogP contribution in [-0.4, -0.2) is 11.0 Å². The van der Waals surface area contributed by atoms with Gasteiger partial charge in [-0.3, -0.25) is 4.79 Å². The van der Waals surface area contributed by atoms with E-state index in [4.69, 9.17) is 5.26 Å². The molecule has 0 saturated heterocycles. The van der Waals surface area contributed by atoms with Crippen LogP contribution in [0.5, 0.6) is 5.75 Å². The normalized spacial score (nSPS) is 10.6. The van der Waals surface area contributed by atoms with Crippen LogP contribution in [0.25, 0.3) is 0 Å². The van der Waals surface area contributed by atoms with Crippen molar-refractivity contribution in [1.82, 2.24) is 0 Å². The highest BCUT2D eigenvalue weighted by molar-refractivity contribution is 5.98. The fraction of sp³-hybridized carbons (Fsp3) is 0.385. The highest BCUT2D eigenvalue weighted by Gasteiger charge is 2.35. The van der Waals surface area contributed by atoms with Crippen molar-refractivity contribution in [1.29, 1.82) is 5.26 Å². The van der Waals surface area contributed by atoms with Crippen molar-refractivity contribution in [3.8, 4) is 11.8 Å². The predicted molar refractivity (Wildman–Crippen MR) is 65.4 cm³/mol. The lowest BCUT2D eigenvalue weighted by molar-refractivity contribution is -0.123. The van der Waals surface area contributed by atoms with Gasteiger partial charge in [0.2, 0.25) is 5.91 Å². The molecule has 0 unspecified atom stereocenters. The summed E-state index contributed by atoms with van der Waals surface area (Å²) in [5.41, 5.74) is -0.693. The van der Waals surface area contributed by atoms with Gasteiger partial charge in [-0.2, -0.15) is 5.26 Å². The Bertz CT molecular complexity index is 445. The zero-order chi connectivity index (χ0) is 12.9. The molecule has 0 aromatic heterocycles. The van der Waals surface area contributed by atoms with Crippen LogP contribution < -0.4 is 5.32 Å². The molecule has 1 aromatic carbocycles. The molecule has 1 aromatic rings. The summed E-state index contributed by atoms with van der Waals surface area (Å²) < 4.78 is 0. The molecular formula is C13H16N2O2. The van der Waals surface area contributed by atoms with Crippen molar-refractivity contribution >= 4 is 11.6 Å². The summed E-state index contributed by atoms with van der Waals surface area (Å²) in [4.78, 5) is 12.0. The largest absolute Gasteiger partial charge is 0.506 e. The molecule has 0 spiro atoms. The number of aromatic hydroxyl groups is 1. The molecule has 0 fully saturated rings. The Balaban J connectivity index is 2.93. The van der Waals surface area contributed by atoms with E-state index < -0.39 is 5.41 Å². The minimum atomic E-state index is -1.03. The third-order valence-corrected chi connectivity index (χ3v) is 3.01. The summed E-state index contributed by atoms with van der Waals surface area (Å²) >= 11 is 0. The van der Waals surface area contributed by atoms with E-state index in [1.165, 1.54) is 6.07 Å². The first-order valence-electron chi connectivity index (χ1n) is 5.60. The number of carbonyl (C=O) groups excluding carboxylic acids is 1. The van der Waals surface area contributed by atoms with Crippen LogP contribution in [0.1, 0.15) is 26.7 Å². The minimum Gasteiger partial charge on any atom is -0.506 e. The summed E-state index contributed by atoms with van der Waals surface area (Å²) in [5.74, 6) is -0.369. The zero-order valence-corrected chi connectivity index (χ0v) is 10.0. The Hall–Kier alpha value is -2.02. The number of anilines is 1. The number of para-hydroxylation sites is 2. The number of carbonyl (C=O) groups is 1. The molecule has 0 saturated carbocycles. The Kier molecular flexibility index (Phi) is 4.11. The van der Waals surface area contributed by atoms with Crippen molar-refractivity contribution in [3.05, 3.63) is 24.3 Å². The molecule has 0 aliphatic carbocycles. The molecule has 4 nitrogen and oxygen atoms in total. The molecule has 0 radical (unpaired) electrons. The molecule has 90 valence electrons. The van der Waals surface area contributed by atoms with Gasteiger partial charge in [-0.05, 0) is 25.0 Å². The zero-order valence-electron chi connectivity index (χ0n) is 10.0. The SMILES string of the molecule is CCC(C#N)(CC)C(=O)Nc1ccccc1O. The van der Waals surface area contributed by atoms with Gasteiger partial charge in [0.1, 0.15) is 11.2 Å². The number of benzene rings is 1. The Morgan fingerprint density at radius 2 is 2.00 bits per heavy atom. The van der Waals surface area contributed by atoms with Gasteiger partial charge in [-0.1, -0.05) is 26.0 Å². The molecule has 1 rings (SSSR count). The van der Waals surface area contributed by atoms with Gasteiger partial charge in [0.15, 0.2) is 0 Å². The fourth-order valence-electron chi connectivity index (χ4n) is 1.60. The van der Waals surface area contributed by atoms with Crippen LogP contribution in [0.2, 0.25) is 0 Å². The van der Waals surface area contributed by atoms with E-state index >= 15 is 0 Å². The van der Waals surface area contributed by atoms with Crippen LogP contribution in [-0.2, 0) is 4.79 Å². The smallest absolute Gasteiger partial charge is 0.244 e. The van der Waals surface area contributed by atoms with Crippen molar-refractivity contribution < 1.29 is 9.90 Å². The maximum Gasteiger partial charge on any atom is 0.244 e. The summed E-state index contributed by atoms with van der Waals surface area (Å²) in [6.07, 6.45) is 0.888. The highest BCUT2D eigenvalue weighted by Crippen LogP contribution is 2.29. The molecule has 1 amide bonds. The monoisotopic (exact) mass is 232 g/mol. The lowest BCUT2D eigenvalue weighted by atomic mass is 9.83. The summed E-state index contributed by atoms with van der Waals surface area (Å²) in [5, 5.41) is 21.3. The molecule has 2 N–H and O–H groups in total. The summed E-state index contributed by atoms with van der Waals surface area (Å²) in [6.45, 7) is 3.61. The second kappa shape index (κ2) is 5.35. The number of nitriles is 1. The standard InChI is InChI=1S/C13H16N2O2/c1-3-13(4-2,9-14)12(17)15-10-7-5-6-8-11(10)16/h5-8,16H,3-4H2,1-2H3,(H,15,17). The molecular weight excluding hydrogens is 216 g/mol. The van der Waals surface area contributed by atoms with Crippen LogP contribution in [0, 0.1) is 16.7 Å². The van der Waals surface area contributed by atoms with Gasteiger partial charge in [0.05, 0.1) is 11.8 Å². The topological polar surface area (TPSA) is 73.1 Å². The van der Waals surface area contributed by atoms with Crippen LogP contribution in [0.4, 0.5) is 5.69 Å². The lowest BCUT2D eigenvalue weighted by Crippen LogP contribution is -2.33. The minimum absolute atomic E-state index is 0.0000964. The Morgan fingerprint density at radius 3 is 2.47 bits per heavy atom. The maximum absolute atomic E-state index is 12.0. The Morgan fingerprint density at radius 1 is 1.41 bits per heavy atom. The van der Waals surface area contributed by atoms with Gasteiger partial charge < -0.3 is 10.4 Å². The highest BCUT2D eigenvalue weighted by atomic mass is 16.3. The van der Waals surface area contributed by atoms with Crippen molar-refractivity contribution in [2.45, 2.75) is 26.7 Å². The third kappa shape index (κ3) is 2.56. The van der Waals surface area contributed by atoms with Gasteiger partial charge in [0, 0.05) is 0 Å². The summed E-state index contributed by atoms with van der Waals surface area (Å²) in [7, 11) is 0. The van der Waals surface area contributed by atoms with E-state index in [2.05, 4.69) is 11.4 Å². The number of hydrogen-bond donors (Lipinski definition) is 2. The van der Waals surface area contributed by atoms with Gasteiger partial charge in [0.25, 0.3) is 0 Å². The third-order valence-electron chi connectivity index (χ3n) is 3.01. The van der Waals surface area contributed by atoms with Gasteiger partial charge >= 0.3 is 0 Å². The quantitative estimate of drug-likeness (QED) is 0.784. The van der Waals surface area contributed by atoms with Gasteiger partial charge in [-0.15, -0.1) is 0 Å². The molecule has 0 aliphatic heterocycles. The van der Waals surface area contributed by atoms with E-state index in [0.29, 0.717) is 18.5 Å². The lowest BCUT2D eigenvalue weighted by Gasteiger charge is -2.22. The Labute approximate surface area is 101 Å². The first-order chi connectivity index (χ1) is 8.09. The molecule has 0 atom stereocenters. The molecule has 4 heteroatoms. The van der Waals surface area contributed by atoms with E-state index in [1.54, 1.807) is 32.0 Å². The van der Waals surface area contributed by atoms with Crippen LogP contribution in [0.15, 0.2) is 24.3 Å². The van der Waals surface area contributed by atoms with E-state index in [-0.39, 0.29) is 11.7 Å². The second-order valence-corrected chi connectivity index (χ2v) is 3.87. The number of hydrogen-bond acceptors (Lipinski definition) is 3. The van der Waals surface area contributed by atoms with Crippen LogP contribution >= 0.6 is 0 Å². The average molecular weight is 232 g/mol. The van der Waals surface area contributed by atoms with Crippen molar-refractivity contribution in [2.24, 2.45) is 5.41 Å². The molecule has 17 heavy (non-hydrogen) atoms. The number of phenols is 1. The number of phenolic OH excluding ortho intramolecular Hbond substituents is 1. The first kappa shape index (κ1) is 13.0. The number of nitrogens with zero attached hydrogens (tertiary/aromatic N) is 1. The number of nitrogens with one attached hydrogen (secondary N) is 1. The molecule has 0 bridgehead atoms. The average Bonchev–Trinajstić information content (AvgIpc) is 2.35. The predicted octanol–water partition coefficient (Wildman–Crippen LogP) is 2.66. The van der Waals surface area contributed by atoms with E-state index in [9.17, 15) is 9.90 Å². The van der Waals surface area contributed by atoms with E-state index in [0.717, 1.165) is 0 Å². The maximum atomic E-state index is 12.0. The molecule has 0 aliphatic rings. The van der Waals surface area contributed by atoms with Gasteiger partial charge in [-0.25, -0.2) is 0 Å². The summed E-state index contributed by atoms with van der Waals surface area (Å²) in [6, 6.07) is 8.52. The number of rotatable bonds is 4.